The molecule has 0 saturated heterocycles. The fourth-order valence-electron chi connectivity index (χ4n) is 3.38. The van der Waals surface area contributed by atoms with Crippen LogP contribution in [0.5, 0.6) is 0 Å². The highest BCUT2D eigenvalue weighted by Gasteiger charge is 2.27. The van der Waals surface area contributed by atoms with Gasteiger partial charge in [0.05, 0.1) is 18.5 Å². The van der Waals surface area contributed by atoms with Crippen LogP contribution in [0.15, 0.2) is 35.7 Å². The third kappa shape index (κ3) is 5.61. The Hall–Kier alpha value is -2.28. The van der Waals surface area contributed by atoms with Crippen molar-refractivity contribution in [2.24, 2.45) is 5.92 Å². The van der Waals surface area contributed by atoms with Gasteiger partial charge in [0.25, 0.3) is 0 Å². The molecule has 2 unspecified atom stereocenters. The quantitative estimate of drug-likeness (QED) is 0.621. The normalized spacial score (nSPS) is 13.2. The number of thiophene rings is 1. The zero-order valence-corrected chi connectivity index (χ0v) is 17.1. The predicted octanol–water partition coefficient (Wildman–Crippen LogP) is 4.89. The Balaban J connectivity index is 2.23. The monoisotopic (exact) mass is 408 g/mol. The molecule has 2 aromatic rings. The van der Waals surface area contributed by atoms with Crippen molar-refractivity contribution >= 4 is 23.2 Å². The lowest BCUT2D eigenvalue weighted by Gasteiger charge is -2.27. The Morgan fingerprint density at radius 2 is 1.68 bits per heavy atom. The van der Waals surface area contributed by atoms with Crippen molar-refractivity contribution in [1.29, 1.82) is 0 Å². The second kappa shape index (κ2) is 10.3. The minimum Gasteiger partial charge on any atom is -0.349 e. The van der Waals surface area contributed by atoms with Crippen LogP contribution in [0.2, 0.25) is 0 Å². The van der Waals surface area contributed by atoms with Crippen LogP contribution in [0.4, 0.5) is 8.78 Å². The van der Waals surface area contributed by atoms with Crippen molar-refractivity contribution in [3.8, 4) is 0 Å². The summed E-state index contributed by atoms with van der Waals surface area (Å²) in [6, 6.07) is 6.12. The first-order valence-electron chi connectivity index (χ1n) is 9.41. The lowest BCUT2D eigenvalue weighted by atomic mass is 9.92. The molecule has 1 aromatic carbocycles. The van der Waals surface area contributed by atoms with Crippen LogP contribution in [0.1, 0.15) is 62.6 Å². The average Bonchev–Trinajstić information content (AvgIpc) is 3.15. The van der Waals surface area contributed by atoms with E-state index in [1.54, 1.807) is 11.3 Å². The molecule has 0 aliphatic carbocycles. The molecular formula is C21H26F2N2O2S. The zero-order chi connectivity index (χ0) is 20.7. The van der Waals surface area contributed by atoms with Gasteiger partial charge in [-0.15, -0.1) is 11.3 Å². The van der Waals surface area contributed by atoms with Crippen molar-refractivity contribution < 1.29 is 18.4 Å². The summed E-state index contributed by atoms with van der Waals surface area (Å²) in [6.45, 7) is 5.38. The largest absolute Gasteiger partial charge is 0.349 e. The van der Waals surface area contributed by atoms with E-state index in [4.69, 9.17) is 0 Å². The van der Waals surface area contributed by atoms with Crippen LogP contribution in [-0.2, 0) is 9.59 Å². The Labute approximate surface area is 168 Å². The number of amides is 2. The molecule has 0 saturated carbocycles. The minimum atomic E-state index is -1.08. The molecule has 2 amide bonds. The Morgan fingerprint density at radius 1 is 1.04 bits per heavy atom. The summed E-state index contributed by atoms with van der Waals surface area (Å²) in [5.74, 6) is -2.17. The van der Waals surface area contributed by atoms with Gasteiger partial charge in [-0.25, -0.2) is 8.78 Å². The summed E-state index contributed by atoms with van der Waals surface area (Å²) in [7, 11) is 0. The summed E-state index contributed by atoms with van der Waals surface area (Å²) >= 11 is 1.56. The van der Waals surface area contributed by atoms with E-state index >= 15 is 0 Å². The van der Waals surface area contributed by atoms with Crippen LogP contribution in [0.3, 0.4) is 0 Å². The summed E-state index contributed by atoms with van der Waals surface area (Å²) < 4.78 is 28.4. The molecule has 7 heteroatoms. The number of carbonyl (C=O) groups is 2. The molecule has 1 aromatic heterocycles. The van der Waals surface area contributed by atoms with Crippen molar-refractivity contribution in [2.45, 2.75) is 52.1 Å². The molecule has 2 N–H and O–H groups in total. The van der Waals surface area contributed by atoms with Gasteiger partial charge < -0.3 is 10.6 Å². The first-order chi connectivity index (χ1) is 13.4. The fraction of sp³-hybridized carbons (Fsp3) is 0.429. The molecule has 0 aliphatic heterocycles. The van der Waals surface area contributed by atoms with E-state index in [1.165, 1.54) is 13.0 Å². The molecular weight excluding hydrogens is 382 g/mol. The molecule has 28 heavy (non-hydrogen) atoms. The van der Waals surface area contributed by atoms with E-state index < -0.39 is 23.6 Å². The molecule has 0 aliphatic rings. The molecule has 4 nitrogen and oxygen atoms in total. The number of benzene rings is 1. The van der Waals surface area contributed by atoms with E-state index in [-0.39, 0.29) is 29.9 Å². The minimum absolute atomic E-state index is 0.175. The lowest BCUT2D eigenvalue weighted by Crippen LogP contribution is -2.37. The summed E-state index contributed by atoms with van der Waals surface area (Å²) in [5, 5.41) is 7.46. The van der Waals surface area contributed by atoms with Gasteiger partial charge in [0.1, 0.15) is 11.6 Å². The van der Waals surface area contributed by atoms with Crippen LogP contribution >= 0.6 is 11.3 Å². The molecule has 1 heterocycles. The maximum absolute atomic E-state index is 14.2. The molecule has 0 fully saturated rings. The van der Waals surface area contributed by atoms with Crippen LogP contribution in [0, 0.1) is 17.6 Å². The predicted molar refractivity (Wildman–Crippen MR) is 107 cm³/mol. The molecule has 2 atom stereocenters. The maximum atomic E-state index is 14.2. The number of halogens is 2. The van der Waals surface area contributed by atoms with Gasteiger partial charge in [-0.3, -0.25) is 9.59 Å². The highest BCUT2D eigenvalue weighted by molar-refractivity contribution is 7.10. The summed E-state index contributed by atoms with van der Waals surface area (Å²) in [4.78, 5) is 25.4. The molecule has 0 spiro atoms. The van der Waals surface area contributed by atoms with Gasteiger partial charge in [-0.1, -0.05) is 38.8 Å². The Bertz CT molecular complexity index is 771. The summed E-state index contributed by atoms with van der Waals surface area (Å²) in [6.07, 6.45) is 1.52. The topological polar surface area (TPSA) is 58.2 Å². The Kier molecular flexibility index (Phi) is 8.11. The van der Waals surface area contributed by atoms with Crippen LogP contribution in [0.25, 0.3) is 0 Å². The standard InChI is InChI=1S/C21H26F2N2O2S/c1-4-14(5-2)21(18-10-7-11-28-18)25-19(27)12-17(24-13(3)26)20-15(22)8-6-9-16(20)23/h6-11,14,17,21H,4-5,12H2,1-3H3,(H,24,26)(H,25,27). The molecule has 0 radical (unpaired) electrons. The van der Waals surface area contributed by atoms with Crippen molar-refractivity contribution in [2.75, 3.05) is 0 Å². The number of rotatable bonds is 9. The van der Waals surface area contributed by atoms with E-state index in [9.17, 15) is 18.4 Å². The van der Waals surface area contributed by atoms with Gasteiger partial charge in [-0.2, -0.15) is 0 Å². The van der Waals surface area contributed by atoms with Crippen molar-refractivity contribution in [3.63, 3.8) is 0 Å². The lowest BCUT2D eigenvalue weighted by molar-refractivity contribution is -0.123. The smallest absolute Gasteiger partial charge is 0.222 e. The number of hydrogen-bond acceptors (Lipinski definition) is 3. The van der Waals surface area contributed by atoms with E-state index in [1.807, 2.05) is 17.5 Å². The second-order valence-electron chi connectivity index (χ2n) is 6.73. The molecule has 152 valence electrons. The Morgan fingerprint density at radius 3 is 2.18 bits per heavy atom. The SMILES string of the molecule is CCC(CC)C(NC(=O)CC(NC(C)=O)c1c(F)cccc1F)c1cccs1. The number of hydrogen-bond donors (Lipinski definition) is 2. The molecule has 0 bridgehead atoms. The van der Waals surface area contributed by atoms with Crippen LogP contribution < -0.4 is 10.6 Å². The maximum Gasteiger partial charge on any atom is 0.222 e. The fourth-order valence-corrected chi connectivity index (χ4v) is 4.25. The van der Waals surface area contributed by atoms with E-state index in [0.717, 1.165) is 29.9 Å². The number of carbonyl (C=O) groups excluding carboxylic acids is 2. The van der Waals surface area contributed by atoms with E-state index in [0.29, 0.717) is 0 Å². The molecule has 2 rings (SSSR count). The van der Waals surface area contributed by atoms with Gasteiger partial charge >= 0.3 is 0 Å². The van der Waals surface area contributed by atoms with Gasteiger partial charge in [-0.05, 0) is 29.5 Å². The first kappa shape index (κ1) is 22.0. The third-order valence-corrected chi connectivity index (χ3v) is 5.76. The average molecular weight is 409 g/mol. The third-order valence-electron chi connectivity index (χ3n) is 4.80. The summed E-state index contributed by atoms with van der Waals surface area (Å²) in [5.41, 5.74) is -0.303. The zero-order valence-electron chi connectivity index (χ0n) is 16.3. The van der Waals surface area contributed by atoms with Gasteiger partial charge in [0.2, 0.25) is 11.8 Å². The van der Waals surface area contributed by atoms with Crippen molar-refractivity contribution in [1.82, 2.24) is 10.6 Å². The second-order valence-corrected chi connectivity index (χ2v) is 7.71. The van der Waals surface area contributed by atoms with Crippen molar-refractivity contribution in [3.05, 3.63) is 57.8 Å². The van der Waals surface area contributed by atoms with Gasteiger partial charge in [0.15, 0.2) is 0 Å². The highest BCUT2D eigenvalue weighted by atomic mass is 32.1. The highest BCUT2D eigenvalue weighted by Crippen LogP contribution is 2.31. The number of nitrogens with one attached hydrogen (secondary N) is 2. The first-order valence-corrected chi connectivity index (χ1v) is 10.3. The van der Waals surface area contributed by atoms with E-state index in [2.05, 4.69) is 24.5 Å². The van der Waals surface area contributed by atoms with Crippen LogP contribution in [-0.4, -0.2) is 11.8 Å². The van der Waals surface area contributed by atoms with Gasteiger partial charge in [0, 0.05) is 17.4 Å².